The Morgan fingerprint density at radius 1 is 1.25 bits per heavy atom. The number of rotatable bonds is 5. The third-order valence-electron chi connectivity index (χ3n) is 8.81. The molecule has 0 bridgehead atoms. The number of hydrogen-bond acceptors (Lipinski definition) is 7. The van der Waals surface area contributed by atoms with Gasteiger partial charge in [0.15, 0.2) is 0 Å². The number of likely N-dealkylation sites (N-methyl/N-ethyl adjacent to an activating group) is 1. The Labute approximate surface area is 191 Å². The van der Waals surface area contributed by atoms with Gasteiger partial charge in [-0.1, -0.05) is 19.4 Å². The first-order chi connectivity index (χ1) is 15.0. The molecule has 32 heavy (non-hydrogen) atoms. The van der Waals surface area contributed by atoms with Gasteiger partial charge in [0.05, 0.1) is 18.6 Å². The van der Waals surface area contributed by atoms with Crippen LogP contribution in [0.1, 0.15) is 52.9 Å². The summed E-state index contributed by atoms with van der Waals surface area (Å²) in [5.41, 5.74) is -0.354. The molecule has 7 atom stereocenters. The van der Waals surface area contributed by atoms with E-state index in [1.807, 2.05) is 25.9 Å². The molecule has 0 aromatic heterocycles. The van der Waals surface area contributed by atoms with Crippen LogP contribution < -0.4 is 0 Å². The van der Waals surface area contributed by atoms with Crippen molar-refractivity contribution in [3.05, 3.63) is 11.6 Å². The zero-order valence-corrected chi connectivity index (χ0v) is 20.3. The zero-order valence-electron chi connectivity index (χ0n) is 20.3. The van der Waals surface area contributed by atoms with Gasteiger partial charge >= 0.3 is 11.9 Å². The van der Waals surface area contributed by atoms with Crippen molar-refractivity contribution in [2.45, 2.75) is 59.0 Å². The van der Waals surface area contributed by atoms with Crippen LogP contribution in [0.3, 0.4) is 0 Å². The van der Waals surface area contributed by atoms with Crippen molar-refractivity contribution in [3.8, 4) is 0 Å². The van der Waals surface area contributed by atoms with E-state index in [0.717, 1.165) is 24.8 Å². The number of nitrogens with zero attached hydrogens (tertiary/aromatic N) is 1. The largest absolute Gasteiger partial charge is 0.469 e. The minimum atomic E-state index is -1.09. The van der Waals surface area contributed by atoms with Gasteiger partial charge in [-0.05, 0) is 69.9 Å². The number of aliphatic hydroxyl groups excluding tert-OH is 1. The smallest absolute Gasteiger partial charge is 0.330 e. The Kier molecular flexibility index (Phi) is 7.20. The van der Waals surface area contributed by atoms with Crippen LogP contribution in [0, 0.1) is 34.5 Å². The summed E-state index contributed by atoms with van der Waals surface area (Å²) in [6, 6.07) is 0. The van der Waals surface area contributed by atoms with Crippen LogP contribution in [0.25, 0.3) is 0 Å². The number of esters is 2. The van der Waals surface area contributed by atoms with Gasteiger partial charge in [0.2, 0.25) is 0 Å². The Hall–Kier alpha value is -1.73. The van der Waals surface area contributed by atoms with Gasteiger partial charge in [-0.2, -0.15) is 0 Å². The Balaban J connectivity index is 1.84. The molecular weight excluding hydrogens is 410 g/mol. The average Bonchev–Trinajstić information content (AvgIpc) is 2.73. The Morgan fingerprint density at radius 3 is 2.56 bits per heavy atom. The third-order valence-corrected chi connectivity index (χ3v) is 8.81. The van der Waals surface area contributed by atoms with Gasteiger partial charge in [-0.3, -0.25) is 9.59 Å². The van der Waals surface area contributed by atoms with Crippen molar-refractivity contribution >= 4 is 17.7 Å². The molecular formula is C25H39NO6. The predicted octanol–water partition coefficient (Wildman–Crippen LogP) is 2.61. The van der Waals surface area contributed by atoms with E-state index in [4.69, 9.17) is 9.47 Å². The first-order valence-corrected chi connectivity index (χ1v) is 11.8. The number of fused-ring (bicyclic) bond motifs is 3. The maximum Gasteiger partial charge on any atom is 0.330 e. The number of carbonyl (C=O) groups is 3. The van der Waals surface area contributed by atoms with Crippen molar-refractivity contribution < 1.29 is 29.0 Å². The molecule has 3 aliphatic carbocycles. The summed E-state index contributed by atoms with van der Waals surface area (Å²) in [6.07, 6.45) is 3.84. The standard InChI is InChI=1S/C25H39NO6/c1-15-16(13-21(29)32-12-11-26(4)5)7-8-17-22(15)18(27)14-19-24(17,2)10-9-20(28)25(19,3)23(30)31-6/h13,15,17,19-20,22,28H,7-12,14H2,1-6H3/b16-13-/t15-,17-,19+,20-,22+,24+,25+/m0/s1. The number of Topliss-reactive ketones (excluding diaryl/α,β-unsaturated/α-hetero) is 1. The molecule has 7 nitrogen and oxygen atoms in total. The summed E-state index contributed by atoms with van der Waals surface area (Å²) in [5, 5.41) is 10.8. The summed E-state index contributed by atoms with van der Waals surface area (Å²) < 4.78 is 10.4. The van der Waals surface area contributed by atoms with Crippen LogP contribution in [0.4, 0.5) is 0 Å². The van der Waals surface area contributed by atoms with E-state index in [1.165, 1.54) is 7.11 Å². The van der Waals surface area contributed by atoms with Crippen LogP contribution in [0.15, 0.2) is 11.6 Å². The van der Waals surface area contributed by atoms with Gasteiger partial charge < -0.3 is 19.5 Å². The minimum Gasteiger partial charge on any atom is -0.469 e. The van der Waals surface area contributed by atoms with Gasteiger partial charge in [0.25, 0.3) is 0 Å². The molecule has 180 valence electrons. The van der Waals surface area contributed by atoms with Crippen LogP contribution in [0.2, 0.25) is 0 Å². The molecule has 1 N–H and O–H groups in total. The highest BCUT2D eigenvalue weighted by atomic mass is 16.5. The number of carbonyl (C=O) groups excluding carboxylic acids is 3. The van der Waals surface area contributed by atoms with Gasteiger partial charge in [-0.25, -0.2) is 4.79 Å². The van der Waals surface area contributed by atoms with E-state index in [0.29, 0.717) is 19.6 Å². The maximum atomic E-state index is 13.4. The van der Waals surface area contributed by atoms with E-state index in [9.17, 15) is 19.5 Å². The van der Waals surface area contributed by atoms with Crippen LogP contribution >= 0.6 is 0 Å². The summed E-state index contributed by atoms with van der Waals surface area (Å²) in [7, 11) is 5.19. The van der Waals surface area contributed by atoms with E-state index >= 15 is 0 Å². The highest BCUT2D eigenvalue weighted by molar-refractivity contribution is 5.87. The van der Waals surface area contributed by atoms with Gasteiger partial charge in [0, 0.05) is 25.0 Å². The molecule has 0 radical (unpaired) electrons. The summed E-state index contributed by atoms with van der Waals surface area (Å²) in [5.74, 6) is -1.02. The topological polar surface area (TPSA) is 93.1 Å². The summed E-state index contributed by atoms with van der Waals surface area (Å²) in [6.45, 7) is 6.99. The molecule has 0 aromatic carbocycles. The fourth-order valence-corrected chi connectivity index (χ4v) is 6.84. The van der Waals surface area contributed by atoms with Crippen molar-refractivity contribution in [2.75, 3.05) is 34.4 Å². The molecule has 3 rings (SSSR count). The Bertz CT molecular complexity index is 791. The zero-order chi connectivity index (χ0) is 23.8. The Morgan fingerprint density at radius 2 is 1.94 bits per heavy atom. The maximum absolute atomic E-state index is 13.4. The molecule has 0 aromatic rings. The number of ketones is 1. The van der Waals surface area contributed by atoms with Crippen molar-refractivity contribution in [1.29, 1.82) is 0 Å². The lowest BCUT2D eigenvalue weighted by Gasteiger charge is -2.61. The predicted molar refractivity (Wildman–Crippen MR) is 120 cm³/mol. The number of aliphatic hydroxyl groups is 1. The molecule has 0 amide bonds. The van der Waals surface area contributed by atoms with Crippen LogP contribution in [-0.4, -0.2) is 68.2 Å². The lowest BCUT2D eigenvalue weighted by Crippen LogP contribution is -2.63. The lowest BCUT2D eigenvalue weighted by molar-refractivity contribution is -0.197. The van der Waals surface area contributed by atoms with E-state index in [-0.39, 0.29) is 47.3 Å². The average molecular weight is 450 g/mol. The van der Waals surface area contributed by atoms with Crippen molar-refractivity contribution in [3.63, 3.8) is 0 Å². The van der Waals surface area contributed by atoms with Crippen LogP contribution in [0.5, 0.6) is 0 Å². The molecule has 3 fully saturated rings. The quantitative estimate of drug-likeness (QED) is 0.509. The van der Waals surface area contributed by atoms with Crippen molar-refractivity contribution in [2.24, 2.45) is 34.5 Å². The molecule has 3 saturated carbocycles. The summed E-state index contributed by atoms with van der Waals surface area (Å²) in [4.78, 5) is 40.5. The second-order valence-electron chi connectivity index (χ2n) is 10.7. The second kappa shape index (κ2) is 9.26. The molecule has 7 heteroatoms. The SMILES string of the molecule is COC(=O)[C@]1(C)[C@@H]2CC(=O)[C@@H]3[C@@H](C)/C(=C\C(=O)OCCN(C)C)CC[C@@H]3[C@@]2(C)CC[C@@H]1O. The monoisotopic (exact) mass is 449 g/mol. The fraction of sp³-hybridized carbons (Fsp3) is 0.800. The molecule has 0 saturated heterocycles. The molecule has 0 unspecified atom stereocenters. The van der Waals surface area contributed by atoms with Gasteiger partial charge in [0.1, 0.15) is 12.4 Å². The molecule has 0 spiro atoms. The normalized spacial score (nSPS) is 40.6. The first-order valence-electron chi connectivity index (χ1n) is 11.8. The first kappa shape index (κ1) is 24.9. The van der Waals surface area contributed by atoms with Crippen LogP contribution in [-0.2, 0) is 23.9 Å². The molecule has 3 aliphatic rings. The highest BCUT2D eigenvalue weighted by Gasteiger charge is 2.65. The van der Waals surface area contributed by atoms with E-state index in [1.54, 1.807) is 13.0 Å². The third kappa shape index (κ3) is 4.14. The van der Waals surface area contributed by atoms with Gasteiger partial charge in [-0.15, -0.1) is 0 Å². The lowest BCUT2D eigenvalue weighted by atomic mass is 9.42. The van der Waals surface area contributed by atoms with Crippen molar-refractivity contribution in [1.82, 2.24) is 4.90 Å². The number of ether oxygens (including phenoxy) is 2. The van der Waals surface area contributed by atoms with E-state index < -0.39 is 17.5 Å². The number of methoxy groups -OCH3 is 1. The highest BCUT2D eigenvalue weighted by Crippen LogP contribution is 2.64. The number of hydrogen-bond donors (Lipinski definition) is 1. The molecule has 0 heterocycles. The second-order valence-corrected chi connectivity index (χ2v) is 10.7. The fourth-order valence-electron chi connectivity index (χ4n) is 6.84. The van der Waals surface area contributed by atoms with E-state index in [2.05, 4.69) is 6.92 Å². The minimum absolute atomic E-state index is 0.0448. The summed E-state index contributed by atoms with van der Waals surface area (Å²) >= 11 is 0. The molecule has 0 aliphatic heterocycles. The number of allylic oxidation sites excluding steroid dienone is 1.